The maximum absolute atomic E-state index is 5.49. The van der Waals surface area contributed by atoms with Gasteiger partial charge in [-0.1, -0.05) is 6.42 Å². The Morgan fingerprint density at radius 1 is 1.35 bits per heavy atom. The predicted octanol–water partition coefficient (Wildman–Crippen LogP) is 1.87. The molecule has 7 nitrogen and oxygen atoms in total. The molecule has 1 aromatic rings. The molecule has 3 rings (SSSR count). The van der Waals surface area contributed by atoms with Gasteiger partial charge in [-0.05, 0) is 32.6 Å². The molecule has 0 bridgehead atoms. The van der Waals surface area contributed by atoms with E-state index in [9.17, 15) is 0 Å². The molecule has 1 N–H and O–H groups in total. The van der Waals surface area contributed by atoms with Gasteiger partial charge in [0.1, 0.15) is 11.6 Å². The van der Waals surface area contributed by atoms with Crippen molar-refractivity contribution < 1.29 is 4.74 Å². The number of aryl methyl sites for hydroxylation is 2. The van der Waals surface area contributed by atoms with Crippen LogP contribution in [0.2, 0.25) is 0 Å². The average molecular weight is 363 g/mol. The lowest BCUT2D eigenvalue weighted by atomic mass is 10.1. The van der Waals surface area contributed by atoms with Gasteiger partial charge < -0.3 is 19.5 Å². The zero-order valence-electron chi connectivity index (χ0n) is 16.4. The highest BCUT2D eigenvalue weighted by Crippen LogP contribution is 2.15. The first kappa shape index (κ1) is 19.1. The maximum atomic E-state index is 5.49. The molecule has 0 spiro atoms. The van der Waals surface area contributed by atoms with Crippen LogP contribution in [0.4, 0.5) is 0 Å². The monoisotopic (exact) mass is 362 g/mol. The lowest BCUT2D eigenvalue weighted by Crippen LogP contribution is -2.41. The molecule has 1 fully saturated rings. The third-order valence-electron chi connectivity index (χ3n) is 5.26. The van der Waals surface area contributed by atoms with Gasteiger partial charge in [-0.3, -0.25) is 4.99 Å². The summed E-state index contributed by atoms with van der Waals surface area (Å²) in [6.45, 7) is 7.68. The highest BCUT2D eigenvalue weighted by Gasteiger charge is 2.19. The zero-order valence-corrected chi connectivity index (χ0v) is 16.4. The first-order valence-electron chi connectivity index (χ1n) is 10.3. The predicted molar refractivity (Wildman–Crippen MR) is 103 cm³/mol. The number of fused-ring (bicyclic) bond motifs is 1. The Bertz CT molecular complexity index is 579. The summed E-state index contributed by atoms with van der Waals surface area (Å²) in [5, 5.41) is 12.2. The summed E-state index contributed by atoms with van der Waals surface area (Å²) in [7, 11) is 2.12. The van der Waals surface area contributed by atoms with Crippen LogP contribution in [0, 0.1) is 5.92 Å². The highest BCUT2D eigenvalue weighted by atomic mass is 16.5. The van der Waals surface area contributed by atoms with Crippen LogP contribution in [-0.4, -0.2) is 65.5 Å². The number of hydrogen-bond donors (Lipinski definition) is 1. The van der Waals surface area contributed by atoms with E-state index >= 15 is 0 Å². The van der Waals surface area contributed by atoms with Gasteiger partial charge in [0.2, 0.25) is 0 Å². The largest absolute Gasteiger partial charge is 0.381 e. The molecule has 3 heterocycles. The van der Waals surface area contributed by atoms with Crippen molar-refractivity contribution in [2.45, 2.75) is 58.4 Å². The highest BCUT2D eigenvalue weighted by molar-refractivity contribution is 5.79. The fraction of sp³-hybridized carbons (Fsp3) is 0.842. The summed E-state index contributed by atoms with van der Waals surface area (Å²) < 4.78 is 7.83. The fourth-order valence-corrected chi connectivity index (χ4v) is 3.82. The second-order valence-electron chi connectivity index (χ2n) is 7.44. The molecule has 0 aromatic carbocycles. The minimum atomic E-state index is 0.621. The van der Waals surface area contributed by atoms with Crippen molar-refractivity contribution in [3.8, 4) is 0 Å². The standard InChI is InChI=1S/C19H34N6O/c1-3-20-19(24(2)14-16-10-13-26-15-16)21-11-7-9-18-23-22-17-8-5-4-6-12-25(17)18/h16H,3-15H2,1-2H3,(H,20,21). The number of rotatable bonds is 7. The van der Waals surface area contributed by atoms with Crippen LogP contribution in [0.1, 0.15) is 50.7 Å². The van der Waals surface area contributed by atoms with Crippen LogP contribution in [0.25, 0.3) is 0 Å². The van der Waals surface area contributed by atoms with Crippen molar-refractivity contribution in [3.63, 3.8) is 0 Å². The maximum Gasteiger partial charge on any atom is 0.193 e. The van der Waals surface area contributed by atoms with Crippen LogP contribution in [-0.2, 0) is 24.1 Å². The summed E-state index contributed by atoms with van der Waals surface area (Å²) in [4.78, 5) is 7.06. The Morgan fingerprint density at radius 3 is 3.08 bits per heavy atom. The molecular weight excluding hydrogens is 328 g/mol. The van der Waals surface area contributed by atoms with Crippen LogP contribution in [0.3, 0.4) is 0 Å². The molecule has 2 aliphatic heterocycles. The van der Waals surface area contributed by atoms with Gasteiger partial charge >= 0.3 is 0 Å². The summed E-state index contributed by atoms with van der Waals surface area (Å²) in [6, 6.07) is 0. The Kier molecular flexibility index (Phi) is 7.29. The van der Waals surface area contributed by atoms with E-state index < -0.39 is 0 Å². The van der Waals surface area contributed by atoms with E-state index in [0.717, 1.165) is 76.9 Å². The number of nitrogens with one attached hydrogen (secondary N) is 1. The van der Waals surface area contributed by atoms with Gasteiger partial charge in [0.25, 0.3) is 0 Å². The van der Waals surface area contributed by atoms with E-state index in [1.165, 1.54) is 25.1 Å². The second kappa shape index (κ2) is 9.90. The smallest absolute Gasteiger partial charge is 0.193 e. The summed E-state index contributed by atoms with van der Waals surface area (Å²) >= 11 is 0. The van der Waals surface area contributed by atoms with Crippen LogP contribution in [0.5, 0.6) is 0 Å². The van der Waals surface area contributed by atoms with Crippen LogP contribution >= 0.6 is 0 Å². The second-order valence-corrected chi connectivity index (χ2v) is 7.44. The number of hydrogen-bond acceptors (Lipinski definition) is 4. The van der Waals surface area contributed by atoms with Gasteiger partial charge in [0.15, 0.2) is 5.96 Å². The summed E-state index contributed by atoms with van der Waals surface area (Å²) in [5.74, 6) is 3.93. The molecule has 1 aromatic heterocycles. The van der Waals surface area contributed by atoms with Crippen molar-refractivity contribution >= 4 is 5.96 Å². The van der Waals surface area contributed by atoms with Gasteiger partial charge in [-0.2, -0.15) is 0 Å². The minimum Gasteiger partial charge on any atom is -0.381 e. The van der Waals surface area contributed by atoms with Crippen molar-refractivity contribution in [3.05, 3.63) is 11.6 Å². The van der Waals surface area contributed by atoms with E-state index in [1.807, 2.05) is 0 Å². The van der Waals surface area contributed by atoms with Gasteiger partial charge in [0, 0.05) is 58.6 Å². The molecule has 1 atom stereocenters. The molecule has 1 unspecified atom stereocenters. The van der Waals surface area contributed by atoms with Crippen LogP contribution < -0.4 is 5.32 Å². The van der Waals surface area contributed by atoms with E-state index in [2.05, 4.69) is 39.0 Å². The third-order valence-corrected chi connectivity index (χ3v) is 5.26. The Balaban J connectivity index is 1.49. The molecule has 1 saturated heterocycles. The Morgan fingerprint density at radius 2 is 2.27 bits per heavy atom. The topological polar surface area (TPSA) is 67.6 Å². The number of nitrogens with zero attached hydrogens (tertiary/aromatic N) is 5. The molecular formula is C19H34N6O. The first-order chi connectivity index (χ1) is 12.8. The molecule has 26 heavy (non-hydrogen) atoms. The van der Waals surface area contributed by atoms with E-state index in [0.29, 0.717) is 5.92 Å². The van der Waals surface area contributed by atoms with E-state index in [-0.39, 0.29) is 0 Å². The number of guanidine groups is 1. The lowest BCUT2D eigenvalue weighted by molar-refractivity contribution is 0.181. The number of aliphatic imine (C=N–C) groups is 1. The average Bonchev–Trinajstić information content (AvgIpc) is 3.22. The SMILES string of the molecule is CCNC(=NCCCc1nnc2n1CCCCC2)N(C)CC1CCOC1. The molecule has 0 radical (unpaired) electrons. The number of aromatic nitrogens is 3. The van der Waals surface area contributed by atoms with Crippen molar-refractivity contribution in [1.82, 2.24) is 25.0 Å². The quantitative estimate of drug-likeness (QED) is 0.456. The van der Waals surface area contributed by atoms with Gasteiger partial charge in [-0.25, -0.2) is 0 Å². The molecule has 2 aliphatic rings. The van der Waals surface area contributed by atoms with Crippen molar-refractivity contribution in [2.75, 3.05) is 39.9 Å². The molecule has 0 saturated carbocycles. The van der Waals surface area contributed by atoms with E-state index in [4.69, 9.17) is 9.73 Å². The van der Waals surface area contributed by atoms with E-state index in [1.54, 1.807) is 0 Å². The Labute approximate surface area is 157 Å². The molecule has 0 amide bonds. The molecule has 0 aliphatic carbocycles. The molecule has 146 valence electrons. The third kappa shape index (κ3) is 5.19. The molecule has 7 heteroatoms. The van der Waals surface area contributed by atoms with Crippen molar-refractivity contribution in [1.29, 1.82) is 0 Å². The normalized spacial score (nSPS) is 20.7. The van der Waals surface area contributed by atoms with Gasteiger partial charge in [0.05, 0.1) is 6.61 Å². The van der Waals surface area contributed by atoms with Crippen molar-refractivity contribution in [2.24, 2.45) is 10.9 Å². The zero-order chi connectivity index (χ0) is 18.2. The lowest BCUT2D eigenvalue weighted by Gasteiger charge is -2.24. The fourth-order valence-electron chi connectivity index (χ4n) is 3.82. The van der Waals surface area contributed by atoms with Gasteiger partial charge in [-0.15, -0.1) is 10.2 Å². The number of ether oxygens (including phenoxy) is 1. The minimum absolute atomic E-state index is 0.621. The first-order valence-corrected chi connectivity index (χ1v) is 10.3. The van der Waals surface area contributed by atoms with Crippen LogP contribution in [0.15, 0.2) is 4.99 Å². The summed E-state index contributed by atoms with van der Waals surface area (Å²) in [6.07, 6.45) is 7.98. The Hall–Kier alpha value is -1.63. The summed E-state index contributed by atoms with van der Waals surface area (Å²) in [5.41, 5.74) is 0.